The number of aromatic nitrogens is 2. The van der Waals surface area contributed by atoms with E-state index in [-0.39, 0.29) is 6.04 Å². The third-order valence-corrected chi connectivity index (χ3v) is 2.91. The summed E-state index contributed by atoms with van der Waals surface area (Å²) in [5.41, 5.74) is 9.08. The van der Waals surface area contributed by atoms with Crippen molar-refractivity contribution in [2.45, 2.75) is 19.9 Å². The third kappa shape index (κ3) is 2.49. The standard InChI is InChI=1S/C14H18N4/c1-3-16-13(11-7-5-9-18-14(11)15)12-10(2)6-4-8-17-12/h4-9,13,16H,3H2,1-2H3,(H2,15,18). The van der Waals surface area contributed by atoms with Crippen LogP contribution in [-0.2, 0) is 0 Å². The van der Waals surface area contributed by atoms with Crippen LogP contribution in [0.5, 0.6) is 0 Å². The third-order valence-electron chi connectivity index (χ3n) is 2.91. The van der Waals surface area contributed by atoms with Crippen LogP contribution < -0.4 is 11.1 Å². The maximum atomic E-state index is 5.96. The molecule has 1 atom stereocenters. The number of aryl methyl sites for hydroxylation is 1. The van der Waals surface area contributed by atoms with E-state index in [2.05, 4.69) is 35.2 Å². The Balaban J connectivity index is 2.47. The summed E-state index contributed by atoms with van der Waals surface area (Å²) in [6.07, 6.45) is 3.51. The first kappa shape index (κ1) is 12.5. The van der Waals surface area contributed by atoms with Gasteiger partial charge in [-0.3, -0.25) is 4.98 Å². The predicted octanol–water partition coefficient (Wildman–Crippen LogP) is 2.07. The van der Waals surface area contributed by atoms with Crippen molar-refractivity contribution in [2.75, 3.05) is 12.3 Å². The fraction of sp³-hybridized carbons (Fsp3) is 0.286. The number of hydrogen-bond acceptors (Lipinski definition) is 4. The summed E-state index contributed by atoms with van der Waals surface area (Å²) in [5, 5.41) is 3.41. The second-order valence-electron chi connectivity index (χ2n) is 4.17. The minimum Gasteiger partial charge on any atom is -0.383 e. The Morgan fingerprint density at radius 3 is 2.61 bits per heavy atom. The normalized spacial score (nSPS) is 12.3. The van der Waals surface area contributed by atoms with Gasteiger partial charge in [-0.25, -0.2) is 4.98 Å². The van der Waals surface area contributed by atoms with Gasteiger partial charge in [0.15, 0.2) is 0 Å². The Labute approximate surface area is 107 Å². The number of nitrogen functional groups attached to an aromatic ring is 1. The molecular formula is C14H18N4. The van der Waals surface area contributed by atoms with E-state index in [0.29, 0.717) is 5.82 Å². The molecule has 2 heterocycles. The van der Waals surface area contributed by atoms with Gasteiger partial charge < -0.3 is 11.1 Å². The van der Waals surface area contributed by atoms with Crippen LogP contribution in [-0.4, -0.2) is 16.5 Å². The van der Waals surface area contributed by atoms with Crippen molar-refractivity contribution in [2.24, 2.45) is 0 Å². The molecule has 1 unspecified atom stereocenters. The largest absolute Gasteiger partial charge is 0.383 e. The van der Waals surface area contributed by atoms with Crippen LogP contribution in [0, 0.1) is 6.92 Å². The molecule has 4 heteroatoms. The maximum absolute atomic E-state index is 5.96. The van der Waals surface area contributed by atoms with Gasteiger partial charge in [-0.15, -0.1) is 0 Å². The molecule has 0 radical (unpaired) electrons. The van der Waals surface area contributed by atoms with E-state index in [1.807, 2.05) is 18.2 Å². The van der Waals surface area contributed by atoms with E-state index in [0.717, 1.165) is 23.4 Å². The number of nitrogens with one attached hydrogen (secondary N) is 1. The van der Waals surface area contributed by atoms with Crippen molar-refractivity contribution in [1.29, 1.82) is 0 Å². The molecule has 0 amide bonds. The summed E-state index contributed by atoms with van der Waals surface area (Å²) in [5.74, 6) is 0.550. The number of nitrogens with two attached hydrogens (primary N) is 1. The number of anilines is 1. The molecule has 2 aromatic rings. The zero-order valence-electron chi connectivity index (χ0n) is 10.7. The smallest absolute Gasteiger partial charge is 0.128 e. The van der Waals surface area contributed by atoms with Crippen LogP contribution in [0.15, 0.2) is 36.7 Å². The molecule has 0 saturated carbocycles. The van der Waals surface area contributed by atoms with Gasteiger partial charge in [-0.1, -0.05) is 19.1 Å². The Kier molecular flexibility index (Phi) is 3.89. The highest BCUT2D eigenvalue weighted by Gasteiger charge is 2.18. The quantitative estimate of drug-likeness (QED) is 0.861. The number of nitrogens with zero attached hydrogens (tertiary/aromatic N) is 2. The highest BCUT2D eigenvalue weighted by molar-refractivity contribution is 5.45. The second-order valence-corrected chi connectivity index (χ2v) is 4.17. The first-order valence-corrected chi connectivity index (χ1v) is 6.09. The molecule has 0 bridgehead atoms. The molecule has 94 valence electrons. The molecule has 0 aliphatic rings. The lowest BCUT2D eigenvalue weighted by molar-refractivity contribution is 0.612. The van der Waals surface area contributed by atoms with Gasteiger partial charge >= 0.3 is 0 Å². The topological polar surface area (TPSA) is 63.8 Å². The van der Waals surface area contributed by atoms with E-state index in [4.69, 9.17) is 5.73 Å². The molecule has 0 aliphatic heterocycles. The van der Waals surface area contributed by atoms with E-state index in [1.165, 1.54) is 0 Å². The molecule has 0 fully saturated rings. The van der Waals surface area contributed by atoms with E-state index in [9.17, 15) is 0 Å². The maximum Gasteiger partial charge on any atom is 0.128 e. The zero-order valence-corrected chi connectivity index (χ0v) is 10.7. The zero-order chi connectivity index (χ0) is 13.0. The summed E-state index contributed by atoms with van der Waals surface area (Å²) in [7, 11) is 0. The lowest BCUT2D eigenvalue weighted by Crippen LogP contribution is -2.25. The van der Waals surface area contributed by atoms with Crippen molar-refractivity contribution < 1.29 is 0 Å². The van der Waals surface area contributed by atoms with Gasteiger partial charge in [0.2, 0.25) is 0 Å². The first-order chi connectivity index (χ1) is 8.74. The molecular weight excluding hydrogens is 224 g/mol. The molecule has 4 nitrogen and oxygen atoms in total. The lowest BCUT2D eigenvalue weighted by atomic mass is 10.0. The van der Waals surface area contributed by atoms with Crippen LogP contribution >= 0.6 is 0 Å². The van der Waals surface area contributed by atoms with Gasteiger partial charge in [-0.2, -0.15) is 0 Å². The van der Waals surface area contributed by atoms with Gasteiger partial charge in [0.25, 0.3) is 0 Å². The summed E-state index contributed by atoms with van der Waals surface area (Å²) < 4.78 is 0. The van der Waals surface area contributed by atoms with Gasteiger partial charge in [0, 0.05) is 18.0 Å². The van der Waals surface area contributed by atoms with Crippen LogP contribution in [0.4, 0.5) is 5.82 Å². The van der Waals surface area contributed by atoms with Gasteiger partial charge in [0.1, 0.15) is 5.82 Å². The van der Waals surface area contributed by atoms with E-state index in [1.54, 1.807) is 12.4 Å². The minimum absolute atomic E-state index is 0.00935. The second kappa shape index (κ2) is 5.60. The highest BCUT2D eigenvalue weighted by Crippen LogP contribution is 2.25. The number of hydrogen-bond donors (Lipinski definition) is 2. The Bertz CT molecular complexity index is 479. The first-order valence-electron chi connectivity index (χ1n) is 6.09. The van der Waals surface area contributed by atoms with Crippen LogP contribution in [0.1, 0.15) is 29.8 Å². The van der Waals surface area contributed by atoms with Crippen LogP contribution in [0.2, 0.25) is 0 Å². The predicted molar refractivity (Wildman–Crippen MR) is 73.1 cm³/mol. The average molecular weight is 242 g/mol. The Morgan fingerprint density at radius 1 is 1.22 bits per heavy atom. The van der Waals surface area contributed by atoms with Gasteiger partial charge in [-0.05, 0) is 31.2 Å². The Hall–Kier alpha value is -1.94. The number of rotatable bonds is 4. The molecule has 3 N–H and O–H groups in total. The van der Waals surface area contributed by atoms with E-state index >= 15 is 0 Å². The lowest BCUT2D eigenvalue weighted by Gasteiger charge is -2.20. The fourth-order valence-corrected chi connectivity index (χ4v) is 2.03. The van der Waals surface area contributed by atoms with Gasteiger partial charge in [0.05, 0.1) is 11.7 Å². The molecule has 2 rings (SSSR count). The SMILES string of the molecule is CCNC(c1cccnc1N)c1ncccc1C. The van der Waals surface area contributed by atoms with Crippen LogP contribution in [0.25, 0.3) is 0 Å². The minimum atomic E-state index is -0.00935. The molecule has 0 spiro atoms. The fourth-order valence-electron chi connectivity index (χ4n) is 2.03. The highest BCUT2D eigenvalue weighted by atomic mass is 15.0. The summed E-state index contributed by atoms with van der Waals surface area (Å²) in [6, 6.07) is 7.87. The van der Waals surface area contributed by atoms with Crippen LogP contribution in [0.3, 0.4) is 0 Å². The van der Waals surface area contributed by atoms with Crippen molar-refractivity contribution in [3.05, 3.63) is 53.5 Å². The monoisotopic (exact) mass is 242 g/mol. The summed E-state index contributed by atoms with van der Waals surface area (Å²) >= 11 is 0. The van der Waals surface area contributed by atoms with Crippen molar-refractivity contribution in [3.63, 3.8) is 0 Å². The van der Waals surface area contributed by atoms with Crippen molar-refractivity contribution in [3.8, 4) is 0 Å². The molecule has 0 saturated heterocycles. The Morgan fingerprint density at radius 2 is 1.94 bits per heavy atom. The molecule has 0 aliphatic carbocycles. The average Bonchev–Trinajstić information content (AvgIpc) is 2.38. The van der Waals surface area contributed by atoms with Crippen molar-refractivity contribution in [1.82, 2.24) is 15.3 Å². The van der Waals surface area contributed by atoms with E-state index < -0.39 is 0 Å². The van der Waals surface area contributed by atoms with Crippen molar-refractivity contribution >= 4 is 5.82 Å². The summed E-state index contributed by atoms with van der Waals surface area (Å²) in [6.45, 7) is 4.96. The molecule has 2 aromatic heterocycles. The molecule has 0 aromatic carbocycles. The number of pyridine rings is 2. The summed E-state index contributed by atoms with van der Waals surface area (Å²) in [4.78, 5) is 8.62. The molecule has 18 heavy (non-hydrogen) atoms.